The minimum Gasteiger partial charge on any atom is -0.395 e. The first-order valence-corrected chi connectivity index (χ1v) is 6.48. The molecule has 2 N–H and O–H groups in total. The zero-order chi connectivity index (χ0) is 12.5. The molecule has 1 heterocycles. The number of carbonyl (C=O) groups is 1. The summed E-state index contributed by atoms with van der Waals surface area (Å²) in [5.41, 5.74) is 0. The summed E-state index contributed by atoms with van der Waals surface area (Å²) in [6, 6.07) is 0. The quantitative estimate of drug-likeness (QED) is 0.646. The summed E-state index contributed by atoms with van der Waals surface area (Å²) < 4.78 is 0. The predicted molar refractivity (Wildman–Crippen MR) is 68.7 cm³/mol. The average Bonchev–Trinajstić information content (AvgIpc) is 2.37. The predicted octanol–water partition coefficient (Wildman–Crippen LogP) is 0.773. The van der Waals surface area contributed by atoms with Crippen molar-refractivity contribution in [2.45, 2.75) is 25.7 Å². The summed E-state index contributed by atoms with van der Waals surface area (Å²) in [4.78, 5) is 13.6. The van der Waals surface area contributed by atoms with Gasteiger partial charge in [-0.1, -0.05) is 6.08 Å². The Morgan fingerprint density at radius 1 is 1.47 bits per heavy atom. The van der Waals surface area contributed by atoms with Gasteiger partial charge in [0.15, 0.2) is 0 Å². The van der Waals surface area contributed by atoms with Crippen LogP contribution in [0.1, 0.15) is 25.7 Å². The molecule has 1 saturated heterocycles. The fraction of sp³-hybridized carbons (Fsp3) is 0.769. The SMILES string of the molecule is C=CCN(CCO)C(=O)CCC1CCNCC1. The minimum absolute atomic E-state index is 0.0208. The first-order valence-electron chi connectivity index (χ1n) is 6.48. The molecule has 0 aliphatic carbocycles. The van der Waals surface area contributed by atoms with Crippen LogP contribution in [0.5, 0.6) is 0 Å². The van der Waals surface area contributed by atoms with Crippen LogP contribution in [0.2, 0.25) is 0 Å². The number of aliphatic hydroxyl groups excluding tert-OH is 1. The van der Waals surface area contributed by atoms with E-state index in [-0.39, 0.29) is 12.5 Å². The van der Waals surface area contributed by atoms with Crippen molar-refractivity contribution in [2.75, 3.05) is 32.8 Å². The van der Waals surface area contributed by atoms with E-state index in [4.69, 9.17) is 5.11 Å². The molecule has 17 heavy (non-hydrogen) atoms. The van der Waals surface area contributed by atoms with Gasteiger partial charge in [0.2, 0.25) is 5.91 Å². The lowest BCUT2D eigenvalue weighted by Crippen LogP contribution is -2.34. The number of rotatable bonds is 7. The Morgan fingerprint density at radius 3 is 2.76 bits per heavy atom. The van der Waals surface area contributed by atoms with Gasteiger partial charge in [-0.3, -0.25) is 4.79 Å². The Morgan fingerprint density at radius 2 is 2.18 bits per heavy atom. The number of piperidine rings is 1. The maximum atomic E-state index is 11.9. The van der Waals surface area contributed by atoms with Gasteiger partial charge >= 0.3 is 0 Å². The van der Waals surface area contributed by atoms with Crippen LogP contribution in [-0.2, 0) is 4.79 Å². The Hall–Kier alpha value is -0.870. The van der Waals surface area contributed by atoms with Gasteiger partial charge in [-0.2, -0.15) is 0 Å². The van der Waals surface area contributed by atoms with E-state index in [1.54, 1.807) is 11.0 Å². The number of amides is 1. The monoisotopic (exact) mass is 240 g/mol. The number of hydrogen-bond acceptors (Lipinski definition) is 3. The summed E-state index contributed by atoms with van der Waals surface area (Å²) in [6.07, 6.45) is 5.62. The van der Waals surface area contributed by atoms with Crippen molar-refractivity contribution in [3.63, 3.8) is 0 Å². The lowest BCUT2D eigenvalue weighted by molar-refractivity contribution is -0.131. The third kappa shape index (κ3) is 5.33. The van der Waals surface area contributed by atoms with E-state index >= 15 is 0 Å². The molecular weight excluding hydrogens is 216 g/mol. The average molecular weight is 240 g/mol. The third-order valence-corrected chi connectivity index (χ3v) is 3.30. The molecule has 0 bridgehead atoms. The van der Waals surface area contributed by atoms with E-state index in [0.29, 0.717) is 25.4 Å². The molecule has 0 aromatic carbocycles. The molecule has 1 amide bonds. The molecule has 0 aromatic heterocycles. The maximum absolute atomic E-state index is 11.9. The van der Waals surface area contributed by atoms with Crippen molar-refractivity contribution in [2.24, 2.45) is 5.92 Å². The highest BCUT2D eigenvalue weighted by Gasteiger charge is 2.17. The first-order chi connectivity index (χ1) is 8.27. The summed E-state index contributed by atoms with van der Waals surface area (Å²) in [5, 5.41) is 12.2. The van der Waals surface area contributed by atoms with Crippen molar-refractivity contribution in [1.82, 2.24) is 10.2 Å². The molecule has 0 aromatic rings. The number of nitrogens with zero attached hydrogens (tertiary/aromatic N) is 1. The molecule has 98 valence electrons. The van der Waals surface area contributed by atoms with Crippen molar-refractivity contribution in [3.8, 4) is 0 Å². The van der Waals surface area contributed by atoms with Crippen LogP contribution >= 0.6 is 0 Å². The molecule has 0 atom stereocenters. The van der Waals surface area contributed by atoms with Crippen molar-refractivity contribution < 1.29 is 9.90 Å². The Kier molecular flexibility index (Phi) is 6.89. The van der Waals surface area contributed by atoms with Crippen LogP contribution in [0, 0.1) is 5.92 Å². The third-order valence-electron chi connectivity index (χ3n) is 3.30. The molecule has 4 heteroatoms. The highest BCUT2D eigenvalue weighted by atomic mass is 16.3. The van der Waals surface area contributed by atoms with E-state index in [9.17, 15) is 4.79 Å². The number of carbonyl (C=O) groups excluding carboxylic acids is 1. The lowest BCUT2D eigenvalue weighted by Gasteiger charge is -2.24. The number of hydrogen-bond donors (Lipinski definition) is 2. The van der Waals surface area contributed by atoms with E-state index < -0.39 is 0 Å². The van der Waals surface area contributed by atoms with Crippen molar-refractivity contribution >= 4 is 5.91 Å². The Labute approximate surface area is 104 Å². The summed E-state index contributed by atoms with van der Waals surface area (Å²) in [6.45, 7) is 6.75. The Bertz CT molecular complexity index is 238. The summed E-state index contributed by atoms with van der Waals surface area (Å²) in [5.74, 6) is 0.817. The summed E-state index contributed by atoms with van der Waals surface area (Å²) >= 11 is 0. The molecule has 1 rings (SSSR count). The molecule has 1 aliphatic heterocycles. The van der Waals surface area contributed by atoms with Gasteiger partial charge in [-0.25, -0.2) is 0 Å². The molecule has 0 radical (unpaired) electrons. The van der Waals surface area contributed by atoms with Gasteiger partial charge < -0.3 is 15.3 Å². The highest BCUT2D eigenvalue weighted by molar-refractivity contribution is 5.76. The second kappa shape index (κ2) is 8.25. The largest absolute Gasteiger partial charge is 0.395 e. The van der Waals surface area contributed by atoms with Gasteiger partial charge in [-0.15, -0.1) is 6.58 Å². The van der Waals surface area contributed by atoms with Crippen molar-refractivity contribution in [3.05, 3.63) is 12.7 Å². The Balaban J connectivity index is 2.27. The van der Waals surface area contributed by atoms with Gasteiger partial charge in [0.25, 0.3) is 0 Å². The zero-order valence-corrected chi connectivity index (χ0v) is 10.5. The number of nitrogens with one attached hydrogen (secondary N) is 1. The molecule has 4 nitrogen and oxygen atoms in total. The van der Waals surface area contributed by atoms with E-state index in [1.165, 1.54) is 12.8 Å². The zero-order valence-electron chi connectivity index (χ0n) is 10.5. The minimum atomic E-state index is 0.0208. The molecule has 0 unspecified atom stereocenters. The van der Waals surface area contributed by atoms with Crippen LogP contribution in [0.3, 0.4) is 0 Å². The van der Waals surface area contributed by atoms with Crippen LogP contribution < -0.4 is 5.32 Å². The fourth-order valence-corrected chi connectivity index (χ4v) is 2.25. The number of aliphatic hydroxyl groups is 1. The molecule has 0 spiro atoms. The molecule has 1 fully saturated rings. The van der Waals surface area contributed by atoms with Crippen LogP contribution in [-0.4, -0.2) is 48.7 Å². The van der Waals surface area contributed by atoms with E-state index in [2.05, 4.69) is 11.9 Å². The normalized spacial score (nSPS) is 16.8. The van der Waals surface area contributed by atoms with Crippen molar-refractivity contribution in [1.29, 1.82) is 0 Å². The lowest BCUT2D eigenvalue weighted by atomic mass is 9.93. The first kappa shape index (κ1) is 14.2. The topological polar surface area (TPSA) is 52.6 Å². The van der Waals surface area contributed by atoms with Gasteiger partial charge in [0, 0.05) is 19.5 Å². The smallest absolute Gasteiger partial charge is 0.222 e. The molecular formula is C13H24N2O2. The van der Waals surface area contributed by atoms with E-state index in [0.717, 1.165) is 19.5 Å². The van der Waals surface area contributed by atoms with Crippen LogP contribution in [0.25, 0.3) is 0 Å². The standard InChI is InChI=1S/C13H24N2O2/c1-2-9-15(10-11-16)13(17)4-3-12-5-7-14-8-6-12/h2,12,14,16H,1,3-11H2. The second-order valence-corrected chi connectivity index (χ2v) is 4.58. The van der Waals surface area contributed by atoms with E-state index in [1.807, 2.05) is 0 Å². The second-order valence-electron chi connectivity index (χ2n) is 4.58. The maximum Gasteiger partial charge on any atom is 0.222 e. The van der Waals surface area contributed by atoms with Crippen LogP contribution in [0.4, 0.5) is 0 Å². The van der Waals surface area contributed by atoms with Gasteiger partial charge in [0.1, 0.15) is 0 Å². The molecule has 0 saturated carbocycles. The molecule has 1 aliphatic rings. The fourth-order valence-electron chi connectivity index (χ4n) is 2.25. The highest BCUT2D eigenvalue weighted by Crippen LogP contribution is 2.18. The van der Waals surface area contributed by atoms with Gasteiger partial charge in [0.05, 0.1) is 6.61 Å². The van der Waals surface area contributed by atoms with Gasteiger partial charge in [-0.05, 0) is 38.3 Å². The van der Waals surface area contributed by atoms with Crippen LogP contribution in [0.15, 0.2) is 12.7 Å². The summed E-state index contributed by atoms with van der Waals surface area (Å²) in [7, 11) is 0.